The van der Waals surface area contributed by atoms with Crippen molar-refractivity contribution in [3.05, 3.63) is 271 Å². The van der Waals surface area contributed by atoms with Crippen molar-refractivity contribution in [2.24, 2.45) is 0 Å². The molecule has 2 heteroatoms. The van der Waals surface area contributed by atoms with Gasteiger partial charge in [0.25, 0.3) is 0 Å². The molecule has 2 aliphatic carbocycles. The summed E-state index contributed by atoms with van der Waals surface area (Å²) in [6.45, 7) is 0. The summed E-state index contributed by atoms with van der Waals surface area (Å²) in [5, 5.41) is 4.41. The highest BCUT2D eigenvalue weighted by Gasteiger charge is 2.51. The van der Waals surface area contributed by atoms with E-state index in [1.165, 1.54) is 61.2 Å². The van der Waals surface area contributed by atoms with Gasteiger partial charge in [0.15, 0.2) is 0 Å². The fourth-order valence-electron chi connectivity index (χ4n) is 11.7. The third-order valence-corrected chi connectivity index (χ3v) is 14.5. The molecule has 0 radical (unpaired) electrons. The number of furan rings is 1. The largest absolute Gasteiger partial charge is 0.455 e. The molecule has 11 aromatic carbocycles. The number of hydrogen-bond donors (Lipinski definition) is 0. The van der Waals surface area contributed by atoms with E-state index in [1.807, 2.05) is 0 Å². The van der Waals surface area contributed by atoms with Crippen molar-refractivity contribution in [1.29, 1.82) is 0 Å². The summed E-state index contributed by atoms with van der Waals surface area (Å²) < 4.78 is 7.05. The first-order valence-corrected chi connectivity index (χ1v) is 23.2. The minimum atomic E-state index is -0.488. The molecule has 12 aromatic rings. The number of hydrogen-bond acceptors (Lipinski definition) is 2. The molecule has 1 aromatic heterocycles. The Kier molecular flexibility index (Phi) is 8.23. The Morgan fingerprint density at radius 3 is 1.46 bits per heavy atom. The van der Waals surface area contributed by atoms with Crippen LogP contribution in [0.15, 0.2) is 253 Å². The molecule has 0 aliphatic heterocycles. The number of benzene rings is 11. The van der Waals surface area contributed by atoms with Crippen molar-refractivity contribution in [1.82, 2.24) is 0 Å². The average Bonchev–Trinajstić information content (AvgIpc) is 4.04. The van der Waals surface area contributed by atoms with Crippen molar-refractivity contribution in [2.45, 2.75) is 5.41 Å². The Hall–Kier alpha value is -8.72. The quantitative estimate of drug-likeness (QED) is 0.166. The summed E-state index contributed by atoms with van der Waals surface area (Å²) in [5.74, 6) is 0. The monoisotopic (exact) mass is 851 g/mol. The Morgan fingerprint density at radius 2 is 0.791 bits per heavy atom. The van der Waals surface area contributed by atoms with E-state index in [-0.39, 0.29) is 0 Å². The van der Waals surface area contributed by atoms with Crippen molar-refractivity contribution >= 4 is 49.8 Å². The van der Waals surface area contributed by atoms with Gasteiger partial charge in [0.1, 0.15) is 11.2 Å². The molecule has 0 fully saturated rings. The van der Waals surface area contributed by atoms with Crippen LogP contribution in [0.4, 0.5) is 17.1 Å². The van der Waals surface area contributed by atoms with Crippen LogP contribution in [0.1, 0.15) is 22.3 Å². The van der Waals surface area contributed by atoms with Gasteiger partial charge < -0.3 is 9.32 Å². The second-order valence-electron chi connectivity index (χ2n) is 17.9. The summed E-state index contributed by atoms with van der Waals surface area (Å²) in [4.78, 5) is 2.49. The number of anilines is 3. The molecule has 0 unspecified atom stereocenters. The molecule has 1 heterocycles. The molecule has 2 nitrogen and oxygen atoms in total. The zero-order chi connectivity index (χ0) is 44.1. The van der Waals surface area contributed by atoms with Gasteiger partial charge in [-0.3, -0.25) is 0 Å². The Morgan fingerprint density at radius 1 is 0.299 bits per heavy atom. The first-order chi connectivity index (χ1) is 33.3. The maximum Gasteiger partial charge on any atom is 0.143 e. The topological polar surface area (TPSA) is 16.4 Å². The number of para-hydroxylation sites is 1. The molecular formula is C65H41NO. The van der Waals surface area contributed by atoms with Crippen LogP contribution in [0.2, 0.25) is 0 Å². The zero-order valence-electron chi connectivity index (χ0n) is 36.5. The van der Waals surface area contributed by atoms with Gasteiger partial charge in [-0.15, -0.1) is 0 Å². The Bertz CT molecular complexity index is 3860. The van der Waals surface area contributed by atoms with E-state index >= 15 is 0 Å². The smallest absolute Gasteiger partial charge is 0.143 e. The van der Waals surface area contributed by atoms with Crippen LogP contribution in [0.3, 0.4) is 0 Å². The highest BCUT2D eigenvalue weighted by atomic mass is 16.3. The Balaban J connectivity index is 1.05. The van der Waals surface area contributed by atoms with Gasteiger partial charge in [-0.1, -0.05) is 212 Å². The molecule has 312 valence electrons. The van der Waals surface area contributed by atoms with Crippen LogP contribution in [0, 0.1) is 0 Å². The standard InChI is InChI=1S/C65H41NO/c1-3-18-42(19-4-1)43-34-36-45(37-35-43)54-41-55-63-61(32-17-33-62(63)67-64(55)53-27-8-7-23-48(53)54)66(60-31-16-12-22-47(60)44-20-5-2-6-21-44)46-38-39-52-51-26-11-15-30-58(51)65(59(52)40-46)56-28-13-9-24-49(56)50-25-10-14-29-57(50)65/h1-41H. The fourth-order valence-corrected chi connectivity index (χ4v) is 11.7. The third kappa shape index (κ3) is 5.45. The molecule has 0 N–H and O–H groups in total. The van der Waals surface area contributed by atoms with Gasteiger partial charge >= 0.3 is 0 Å². The van der Waals surface area contributed by atoms with Crippen LogP contribution in [-0.4, -0.2) is 0 Å². The van der Waals surface area contributed by atoms with Crippen LogP contribution >= 0.6 is 0 Å². The summed E-state index contributed by atoms with van der Waals surface area (Å²) in [6, 6.07) is 91.2. The lowest BCUT2D eigenvalue weighted by Crippen LogP contribution is -2.26. The lowest BCUT2D eigenvalue weighted by molar-refractivity contribution is 0.672. The minimum Gasteiger partial charge on any atom is -0.455 e. The molecule has 0 bridgehead atoms. The normalized spacial score (nSPS) is 12.9. The van der Waals surface area contributed by atoms with Gasteiger partial charge in [0.2, 0.25) is 0 Å². The lowest BCUT2D eigenvalue weighted by Gasteiger charge is -2.33. The van der Waals surface area contributed by atoms with Crippen molar-refractivity contribution in [3.8, 4) is 55.6 Å². The average molecular weight is 852 g/mol. The second-order valence-corrected chi connectivity index (χ2v) is 17.9. The summed E-state index contributed by atoms with van der Waals surface area (Å²) in [5.41, 5.74) is 21.9. The first-order valence-electron chi connectivity index (χ1n) is 23.2. The number of nitrogens with zero attached hydrogens (tertiary/aromatic N) is 1. The molecule has 67 heavy (non-hydrogen) atoms. The van der Waals surface area contributed by atoms with Crippen LogP contribution in [-0.2, 0) is 5.41 Å². The predicted octanol–water partition coefficient (Wildman–Crippen LogP) is 17.6. The summed E-state index contributed by atoms with van der Waals surface area (Å²) in [7, 11) is 0. The van der Waals surface area contributed by atoms with Crippen LogP contribution in [0.5, 0.6) is 0 Å². The van der Waals surface area contributed by atoms with Crippen molar-refractivity contribution < 1.29 is 4.42 Å². The molecule has 0 saturated carbocycles. The van der Waals surface area contributed by atoms with E-state index in [1.54, 1.807) is 0 Å². The van der Waals surface area contributed by atoms with Gasteiger partial charge in [0, 0.05) is 22.0 Å². The molecule has 0 atom stereocenters. The van der Waals surface area contributed by atoms with Gasteiger partial charge in [-0.25, -0.2) is 0 Å². The number of fused-ring (bicyclic) bond motifs is 15. The Labute approximate surface area is 389 Å². The molecule has 14 rings (SSSR count). The van der Waals surface area contributed by atoms with Crippen LogP contribution in [0.25, 0.3) is 88.3 Å². The van der Waals surface area contributed by atoms with E-state index in [4.69, 9.17) is 4.42 Å². The van der Waals surface area contributed by atoms with Gasteiger partial charge in [-0.2, -0.15) is 0 Å². The maximum absolute atomic E-state index is 7.05. The fraction of sp³-hybridized carbons (Fsp3) is 0.0154. The predicted molar refractivity (Wildman–Crippen MR) is 279 cm³/mol. The molecular weight excluding hydrogens is 811 g/mol. The third-order valence-electron chi connectivity index (χ3n) is 14.5. The SMILES string of the molecule is c1ccc(-c2ccc(-c3cc4c(oc5cccc(N(c6ccc7c(c6)C6(c8ccccc8-c8ccccc86)c6ccccc6-7)c6ccccc6-c6ccccc6)c54)c4ccccc34)cc2)cc1. The summed E-state index contributed by atoms with van der Waals surface area (Å²) in [6.07, 6.45) is 0. The molecule has 0 amide bonds. The maximum atomic E-state index is 7.05. The lowest BCUT2D eigenvalue weighted by atomic mass is 9.70. The second kappa shape index (κ2) is 14.7. The van der Waals surface area contributed by atoms with Crippen molar-refractivity contribution in [2.75, 3.05) is 4.90 Å². The van der Waals surface area contributed by atoms with Gasteiger partial charge in [-0.05, 0) is 114 Å². The van der Waals surface area contributed by atoms with E-state index < -0.39 is 5.41 Å². The van der Waals surface area contributed by atoms with E-state index in [0.29, 0.717) is 0 Å². The zero-order valence-corrected chi connectivity index (χ0v) is 36.5. The highest BCUT2D eigenvalue weighted by molar-refractivity contribution is 6.23. The van der Waals surface area contributed by atoms with E-state index in [9.17, 15) is 0 Å². The number of rotatable bonds is 6. The molecule has 0 saturated heterocycles. The first kappa shape index (κ1) is 37.6. The molecule has 1 spiro atoms. The molecule has 2 aliphatic rings. The van der Waals surface area contributed by atoms with Crippen LogP contribution < -0.4 is 4.90 Å². The van der Waals surface area contributed by atoms with E-state index in [0.717, 1.165) is 66.5 Å². The van der Waals surface area contributed by atoms with Gasteiger partial charge in [0.05, 0.1) is 22.2 Å². The minimum absolute atomic E-state index is 0.488. The van der Waals surface area contributed by atoms with Crippen molar-refractivity contribution in [3.63, 3.8) is 0 Å². The summed E-state index contributed by atoms with van der Waals surface area (Å²) >= 11 is 0. The highest BCUT2D eigenvalue weighted by Crippen LogP contribution is 2.63. The van der Waals surface area contributed by atoms with E-state index in [2.05, 4.69) is 254 Å².